The Kier molecular flexibility index (Phi) is 6.49. The topological polar surface area (TPSA) is 115 Å². The van der Waals surface area contributed by atoms with E-state index in [4.69, 9.17) is 0 Å². The molecule has 1 amide bonds. The highest BCUT2D eigenvalue weighted by Gasteiger charge is 2.24. The number of nitro benzene ring substituents is 2. The van der Waals surface area contributed by atoms with Gasteiger partial charge < -0.3 is 5.32 Å². The molecule has 0 aliphatic carbocycles. The summed E-state index contributed by atoms with van der Waals surface area (Å²) in [6.07, 6.45) is 0.584. The Morgan fingerprint density at radius 1 is 0.833 bits per heavy atom. The Balaban J connectivity index is 1.75. The van der Waals surface area contributed by atoms with E-state index in [0.29, 0.717) is 6.42 Å². The zero-order chi connectivity index (χ0) is 21.5. The number of hydrogen-bond donors (Lipinski definition) is 1. The molecule has 3 aromatic rings. The number of non-ortho nitro benzene ring substituents is 1. The summed E-state index contributed by atoms with van der Waals surface area (Å²) in [5, 5.41) is 24.8. The molecule has 0 bridgehead atoms. The number of nitrogens with zero attached hydrogens (tertiary/aromatic N) is 2. The Morgan fingerprint density at radius 3 is 1.90 bits per heavy atom. The second-order valence-corrected chi connectivity index (χ2v) is 6.63. The van der Waals surface area contributed by atoms with Gasteiger partial charge in [0.25, 0.3) is 17.3 Å². The van der Waals surface area contributed by atoms with E-state index in [1.165, 1.54) is 0 Å². The molecular formula is C22H19N3O5. The molecule has 8 heteroatoms. The highest BCUT2D eigenvalue weighted by molar-refractivity contribution is 5.98. The minimum atomic E-state index is -0.793. The Bertz CT molecular complexity index is 1020. The summed E-state index contributed by atoms with van der Waals surface area (Å²) in [6.45, 7) is 0.279. The number of benzene rings is 3. The van der Waals surface area contributed by atoms with Crippen LogP contribution in [0, 0.1) is 20.2 Å². The van der Waals surface area contributed by atoms with E-state index in [0.717, 1.165) is 29.3 Å². The van der Waals surface area contributed by atoms with Crippen molar-refractivity contribution in [1.82, 2.24) is 5.32 Å². The predicted octanol–water partition coefficient (Wildman–Crippen LogP) is 4.46. The van der Waals surface area contributed by atoms with Crippen molar-refractivity contribution in [3.05, 3.63) is 116 Å². The standard InChI is InChI=1S/C22H19N3O5/c26-22(20-12-11-18(24(27)28)15-21(20)25(29)30)23-14-13-19(16-7-3-1-4-8-16)17-9-5-2-6-10-17/h1-12,15,19H,13-14H2,(H,23,26). The molecule has 0 fully saturated rings. The Morgan fingerprint density at radius 2 is 1.40 bits per heavy atom. The van der Waals surface area contributed by atoms with Gasteiger partial charge >= 0.3 is 0 Å². The van der Waals surface area contributed by atoms with Gasteiger partial charge in [0.15, 0.2) is 0 Å². The first-order valence-corrected chi connectivity index (χ1v) is 9.28. The molecule has 30 heavy (non-hydrogen) atoms. The van der Waals surface area contributed by atoms with Crippen LogP contribution in [0.2, 0.25) is 0 Å². The summed E-state index contributed by atoms with van der Waals surface area (Å²) in [6, 6.07) is 22.7. The van der Waals surface area contributed by atoms with E-state index >= 15 is 0 Å². The molecule has 0 saturated carbocycles. The van der Waals surface area contributed by atoms with Crippen molar-refractivity contribution in [1.29, 1.82) is 0 Å². The first-order chi connectivity index (χ1) is 14.5. The first-order valence-electron chi connectivity index (χ1n) is 9.28. The zero-order valence-electron chi connectivity index (χ0n) is 15.9. The van der Waals surface area contributed by atoms with Crippen molar-refractivity contribution in [3.63, 3.8) is 0 Å². The molecule has 0 aliphatic heterocycles. The predicted molar refractivity (Wildman–Crippen MR) is 111 cm³/mol. The van der Waals surface area contributed by atoms with Gasteiger partial charge in [-0.2, -0.15) is 0 Å². The van der Waals surface area contributed by atoms with E-state index in [9.17, 15) is 25.0 Å². The van der Waals surface area contributed by atoms with Crippen LogP contribution in [0.15, 0.2) is 78.9 Å². The van der Waals surface area contributed by atoms with Crippen molar-refractivity contribution in [3.8, 4) is 0 Å². The van der Waals surface area contributed by atoms with E-state index in [-0.39, 0.29) is 18.0 Å². The molecule has 152 valence electrons. The smallest absolute Gasteiger partial charge is 0.289 e. The quantitative estimate of drug-likeness (QED) is 0.439. The van der Waals surface area contributed by atoms with Crippen LogP contribution in [0.3, 0.4) is 0 Å². The fourth-order valence-corrected chi connectivity index (χ4v) is 3.30. The van der Waals surface area contributed by atoms with Crippen molar-refractivity contribution >= 4 is 17.3 Å². The van der Waals surface area contributed by atoms with E-state index in [1.54, 1.807) is 0 Å². The van der Waals surface area contributed by atoms with Gasteiger partial charge in [0, 0.05) is 18.5 Å². The maximum Gasteiger partial charge on any atom is 0.289 e. The van der Waals surface area contributed by atoms with Crippen molar-refractivity contribution in [2.75, 3.05) is 6.54 Å². The fraction of sp³-hybridized carbons (Fsp3) is 0.136. The minimum Gasteiger partial charge on any atom is -0.352 e. The van der Waals surface area contributed by atoms with Crippen molar-refractivity contribution < 1.29 is 14.6 Å². The third-order valence-electron chi connectivity index (χ3n) is 4.76. The van der Waals surface area contributed by atoms with Crippen LogP contribution < -0.4 is 5.32 Å². The normalized spacial score (nSPS) is 10.6. The molecule has 0 heterocycles. The van der Waals surface area contributed by atoms with Gasteiger partial charge in [-0.3, -0.25) is 25.0 Å². The van der Waals surface area contributed by atoms with Crippen LogP contribution in [0.1, 0.15) is 33.8 Å². The third-order valence-corrected chi connectivity index (χ3v) is 4.76. The summed E-state index contributed by atoms with van der Waals surface area (Å²) in [7, 11) is 0. The number of rotatable bonds is 8. The van der Waals surface area contributed by atoms with Crippen molar-refractivity contribution in [2.24, 2.45) is 0 Å². The maximum absolute atomic E-state index is 12.5. The lowest BCUT2D eigenvalue weighted by Crippen LogP contribution is -2.26. The fourth-order valence-electron chi connectivity index (χ4n) is 3.30. The Labute approximate surface area is 172 Å². The van der Waals surface area contributed by atoms with E-state index in [2.05, 4.69) is 5.32 Å². The lowest BCUT2D eigenvalue weighted by Gasteiger charge is -2.18. The van der Waals surface area contributed by atoms with Gasteiger partial charge in [-0.1, -0.05) is 60.7 Å². The average molecular weight is 405 g/mol. The SMILES string of the molecule is O=C(NCCC(c1ccccc1)c1ccccc1)c1ccc([N+](=O)[O-])cc1[N+](=O)[O-]. The molecule has 1 N–H and O–H groups in total. The number of carbonyl (C=O) groups excluding carboxylic acids is 1. The van der Waals surface area contributed by atoms with Crippen LogP contribution in [0.25, 0.3) is 0 Å². The van der Waals surface area contributed by atoms with Crippen LogP contribution in [-0.2, 0) is 0 Å². The lowest BCUT2D eigenvalue weighted by atomic mass is 9.88. The molecule has 0 aromatic heterocycles. The molecule has 0 radical (unpaired) electrons. The molecule has 0 saturated heterocycles. The number of hydrogen-bond acceptors (Lipinski definition) is 5. The van der Waals surface area contributed by atoms with E-state index < -0.39 is 27.1 Å². The summed E-state index contributed by atoms with van der Waals surface area (Å²) in [5.74, 6) is -0.601. The van der Waals surface area contributed by atoms with Crippen LogP contribution in [0.5, 0.6) is 0 Å². The molecule has 0 spiro atoms. The van der Waals surface area contributed by atoms with Gasteiger partial charge in [0.1, 0.15) is 5.56 Å². The Hall–Kier alpha value is -4.07. The van der Waals surface area contributed by atoms with Gasteiger partial charge in [0.05, 0.1) is 15.9 Å². The second-order valence-electron chi connectivity index (χ2n) is 6.63. The molecule has 0 aliphatic rings. The minimum absolute atomic E-state index is 0.0412. The maximum atomic E-state index is 12.5. The summed E-state index contributed by atoms with van der Waals surface area (Å²) in [5.41, 5.74) is 0.955. The van der Waals surface area contributed by atoms with Crippen LogP contribution >= 0.6 is 0 Å². The highest BCUT2D eigenvalue weighted by atomic mass is 16.6. The largest absolute Gasteiger partial charge is 0.352 e. The zero-order valence-corrected chi connectivity index (χ0v) is 15.9. The third kappa shape index (κ3) is 4.85. The number of carbonyl (C=O) groups is 1. The number of nitro groups is 2. The van der Waals surface area contributed by atoms with Gasteiger partial charge in [0.2, 0.25) is 0 Å². The summed E-state index contributed by atoms with van der Waals surface area (Å²) >= 11 is 0. The van der Waals surface area contributed by atoms with Gasteiger partial charge in [-0.05, 0) is 23.6 Å². The lowest BCUT2D eigenvalue weighted by molar-refractivity contribution is -0.394. The van der Waals surface area contributed by atoms with Crippen LogP contribution in [0.4, 0.5) is 11.4 Å². The number of amides is 1. The average Bonchev–Trinajstić information content (AvgIpc) is 2.77. The molecular weight excluding hydrogens is 386 g/mol. The molecule has 0 unspecified atom stereocenters. The monoisotopic (exact) mass is 405 g/mol. The molecule has 8 nitrogen and oxygen atoms in total. The highest BCUT2D eigenvalue weighted by Crippen LogP contribution is 2.28. The molecule has 3 aromatic carbocycles. The first kappa shape index (κ1) is 20.7. The molecule has 3 rings (SSSR count). The summed E-state index contributed by atoms with van der Waals surface area (Å²) < 4.78 is 0. The van der Waals surface area contributed by atoms with Crippen LogP contribution in [-0.4, -0.2) is 22.3 Å². The van der Waals surface area contributed by atoms with E-state index in [1.807, 2.05) is 60.7 Å². The number of nitrogens with one attached hydrogen (secondary N) is 1. The summed E-state index contributed by atoms with van der Waals surface area (Å²) in [4.78, 5) is 33.1. The molecule has 0 atom stereocenters. The van der Waals surface area contributed by atoms with Crippen molar-refractivity contribution in [2.45, 2.75) is 12.3 Å². The van der Waals surface area contributed by atoms with Gasteiger partial charge in [-0.15, -0.1) is 0 Å². The second kappa shape index (κ2) is 9.42. The van der Waals surface area contributed by atoms with Gasteiger partial charge in [-0.25, -0.2) is 0 Å².